The normalized spacial score (nSPS) is 18.2. The molecule has 0 aliphatic carbocycles. The zero-order chi connectivity index (χ0) is 20.8. The SMILES string of the molecule is Cn1cc2c([C@H](CO)[C@@H]3CNC(=O)C3)nc(-c3ccc(C(F)(F)F)cc3)cc2n1. The molecule has 1 aliphatic rings. The van der Waals surface area contributed by atoms with E-state index in [0.717, 1.165) is 17.5 Å². The van der Waals surface area contributed by atoms with Gasteiger partial charge in [0.2, 0.25) is 5.91 Å². The van der Waals surface area contributed by atoms with Gasteiger partial charge in [-0.25, -0.2) is 0 Å². The summed E-state index contributed by atoms with van der Waals surface area (Å²) in [7, 11) is 1.76. The van der Waals surface area contributed by atoms with Gasteiger partial charge in [-0.15, -0.1) is 0 Å². The average molecular weight is 404 g/mol. The maximum Gasteiger partial charge on any atom is 0.416 e. The van der Waals surface area contributed by atoms with Gasteiger partial charge in [0, 0.05) is 43.1 Å². The lowest BCUT2D eigenvalue weighted by molar-refractivity contribution is -0.137. The number of nitrogens with one attached hydrogen (secondary N) is 1. The van der Waals surface area contributed by atoms with Gasteiger partial charge in [0.05, 0.1) is 29.1 Å². The fourth-order valence-electron chi connectivity index (χ4n) is 3.79. The van der Waals surface area contributed by atoms with Crippen LogP contribution in [0.3, 0.4) is 0 Å². The quantitative estimate of drug-likeness (QED) is 0.701. The van der Waals surface area contributed by atoms with Crippen molar-refractivity contribution in [1.29, 1.82) is 0 Å². The number of carbonyl (C=O) groups is 1. The van der Waals surface area contributed by atoms with Crippen LogP contribution < -0.4 is 5.32 Å². The van der Waals surface area contributed by atoms with E-state index in [4.69, 9.17) is 0 Å². The van der Waals surface area contributed by atoms with Crippen molar-refractivity contribution < 1.29 is 23.1 Å². The van der Waals surface area contributed by atoms with Gasteiger partial charge in [-0.1, -0.05) is 12.1 Å². The van der Waals surface area contributed by atoms with Crippen molar-refractivity contribution in [3.05, 3.63) is 47.8 Å². The smallest absolute Gasteiger partial charge is 0.396 e. The molecule has 3 heterocycles. The van der Waals surface area contributed by atoms with Crippen LogP contribution in [0.5, 0.6) is 0 Å². The van der Waals surface area contributed by atoms with Crippen molar-refractivity contribution in [2.24, 2.45) is 13.0 Å². The molecule has 0 unspecified atom stereocenters. The molecule has 152 valence electrons. The van der Waals surface area contributed by atoms with Gasteiger partial charge in [-0.3, -0.25) is 14.5 Å². The van der Waals surface area contributed by atoms with E-state index in [1.807, 2.05) is 0 Å². The van der Waals surface area contributed by atoms with E-state index in [2.05, 4.69) is 15.4 Å². The molecule has 2 atom stereocenters. The van der Waals surface area contributed by atoms with Crippen LogP contribution >= 0.6 is 0 Å². The monoisotopic (exact) mass is 404 g/mol. The molecule has 1 saturated heterocycles. The van der Waals surface area contributed by atoms with Crippen molar-refractivity contribution in [3.8, 4) is 11.3 Å². The Morgan fingerprint density at radius 3 is 2.62 bits per heavy atom. The number of benzene rings is 1. The summed E-state index contributed by atoms with van der Waals surface area (Å²) in [4.78, 5) is 16.3. The molecule has 4 rings (SSSR count). The standard InChI is InChI=1S/C20H19F3N4O2/c1-27-9-14-17(26-27)7-16(11-2-4-13(5-3-11)20(21,22)23)25-19(14)15(10-28)12-6-18(29)24-8-12/h2-5,7,9,12,15,28H,6,8,10H2,1H3,(H,24,29)/t12-,15+/m0/s1. The van der Waals surface area contributed by atoms with Gasteiger partial charge in [0.15, 0.2) is 0 Å². The lowest BCUT2D eigenvalue weighted by Crippen LogP contribution is -2.21. The van der Waals surface area contributed by atoms with E-state index in [1.54, 1.807) is 24.0 Å². The topological polar surface area (TPSA) is 80.0 Å². The first kappa shape index (κ1) is 19.4. The van der Waals surface area contributed by atoms with Crippen LogP contribution in [0.25, 0.3) is 22.2 Å². The number of amides is 1. The van der Waals surface area contributed by atoms with E-state index >= 15 is 0 Å². The molecule has 2 aromatic heterocycles. The zero-order valence-corrected chi connectivity index (χ0v) is 15.6. The minimum Gasteiger partial charge on any atom is -0.396 e. The molecule has 1 amide bonds. The number of hydrogen-bond acceptors (Lipinski definition) is 4. The van der Waals surface area contributed by atoms with Crippen molar-refractivity contribution in [2.75, 3.05) is 13.2 Å². The summed E-state index contributed by atoms with van der Waals surface area (Å²) >= 11 is 0. The van der Waals surface area contributed by atoms with Gasteiger partial charge in [-0.05, 0) is 24.1 Å². The van der Waals surface area contributed by atoms with E-state index < -0.39 is 17.7 Å². The Kier molecular flexibility index (Phi) is 4.77. The summed E-state index contributed by atoms with van der Waals surface area (Å²) in [5.41, 5.74) is 1.47. The fourth-order valence-corrected chi connectivity index (χ4v) is 3.79. The Morgan fingerprint density at radius 2 is 2.03 bits per heavy atom. The number of alkyl halides is 3. The Bertz CT molecular complexity index is 1060. The number of pyridine rings is 1. The second-order valence-corrected chi connectivity index (χ2v) is 7.26. The minimum absolute atomic E-state index is 0.0743. The first-order valence-electron chi connectivity index (χ1n) is 9.15. The molecule has 6 nitrogen and oxygen atoms in total. The van der Waals surface area contributed by atoms with Crippen molar-refractivity contribution in [1.82, 2.24) is 20.1 Å². The van der Waals surface area contributed by atoms with E-state index in [9.17, 15) is 23.1 Å². The first-order chi connectivity index (χ1) is 13.8. The van der Waals surface area contributed by atoms with E-state index in [-0.39, 0.29) is 18.4 Å². The Balaban J connectivity index is 1.81. The number of hydrogen-bond donors (Lipinski definition) is 2. The van der Waals surface area contributed by atoms with Crippen LogP contribution in [0.4, 0.5) is 13.2 Å². The number of aryl methyl sites for hydroxylation is 1. The summed E-state index contributed by atoms with van der Waals surface area (Å²) in [5, 5.41) is 18.0. The molecule has 2 N–H and O–H groups in total. The molecule has 1 aliphatic heterocycles. The van der Waals surface area contributed by atoms with Crippen LogP contribution in [-0.4, -0.2) is 38.9 Å². The predicted molar refractivity (Wildman–Crippen MR) is 99.9 cm³/mol. The Labute approximate surface area is 164 Å². The average Bonchev–Trinajstić information content (AvgIpc) is 3.26. The molecule has 1 aromatic carbocycles. The summed E-state index contributed by atoms with van der Waals surface area (Å²) < 4.78 is 40.2. The molecule has 9 heteroatoms. The summed E-state index contributed by atoms with van der Waals surface area (Å²) in [5.74, 6) is -0.587. The molecule has 0 radical (unpaired) electrons. The fraction of sp³-hybridized carbons (Fsp3) is 0.350. The Hall–Kier alpha value is -2.94. The predicted octanol–water partition coefficient (Wildman–Crippen LogP) is 2.87. The number of aliphatic hydroxyl groups excluding tert-OH is 1. The van der Waals surface area contributed by atoms with Crippen LogP contribution in [0.1, 0.15) is 23.6 Å². The lowest BCUT2D eigenvalue weighted by atomic mass is 9.87. The number of fused-ring (bicyclic) bond motifs is 1. The number of carbonyl (C=O) groups excluding carboxylic acids is 1. The van der Waals surface area contributed by atoms with E-state index in [0.29, 0.717) is 35.4 Å². The summed E-state index contributed by atoms with van der Waals surface area (Å²) in [6.07, 6.45) is -2.33. The molecule has 0 saturated carbocycles. The molecular formula is C20H19F3N4O2. The van der Waals surface area contributed by atoms with Gasteiger partial charge in [-0.2, -0.15) is 18.3 Å². The Morgan fingerprint density at radius 1 is 1.31 bits per heavy atom. The van der Waals surface area contributed by atoms with Crippen molar-refractivity contribution in [3.63, 3.8) is 0 Å². The van der Waals surface area contributed by atoms with Gasteiger partial charge in [0.25, 0.3) is 0 Å². The van der Waals surface area contributed by atoms with Crippen molar-refractivity contribution >= 4 is 16.8 Å². The van der Waals surface area contributed by atoms with E-state index in [1.165, 1.54) is 12.1 Å². The van der Waals surface area contributed by atoms with Gasteiger partial charge < -0.3 is 10.4 Å². The number of aliphatic hydroxyl groups is 1. The molecule has 1 fully saturated rings. The highest BCUT2D eigenvalue weighted by atomic mass is 19.4. The third kappa shape index (κ3) is 3.69. The maximum atomic E-state index is 12.9. The number of halogens is 3. The number of aromatic nitrogens is 3. The highest BCUT2D eigenvalue weighted by Crippen LogP contribution is 2.35. The van der Waals surface area contributed by atoms with Crippen LogP contribution in [0, 0.1) is 5.92 Å². The van der Waals surface area contributed by atoms with Crippen LogP contribution in [0.15, 0.2) is 36.5 Å². The largest absolute Gasteiger partial charge is 0.416 e. The number of nitrogens with zero attached hydrogens (tertiary/aromatic N) is 3. The summed E-state index contributed by atoms with van der Waals surface area (Å²) in [6, 6.07) is 6.50. The first-order valence-corrected chi connectivity index (χ1v) is 9.15. The summed E-state index contributed by atoms with van der Waals surface area (Å²) in [6.45, 7) is 0.241. The van der Waals surface area contributed by atoms with Crippen molar-refractivity contribution in [2.45, 2.75) is 18.5 Å². The molecular weight excluding hydrogens is 385 g/mol. The van der Waals surface area contributed by atoms with Gasteiger partial charge >= 0.3 is 6.18 Å². The lowest BCUT2D eigenvalue weighted by Gasteiger charge is -2.21. The second-order valence-electron chi connectivity index (χ2n) is 7.26. The number of rotatable bonds is 4. The minimum atomic E-state index is -4.41. The maximum absolute atomic E-state index is 12.9. The molecule has 29 heavy (non-hydrogen) atoms. The molecule has 3 aromatic rings. The third-order valence-electron chi connectivity index (χ3n) is 5.28. The zero-order valence-electron chi connectivity index (χ0n) is 15.6. The third-order valence-corrected chi connectivity index (χ3v) is 5.28. The molecule has 0 spiro atoms. The highest BCUT2D eigenvalue weighted by molar-refractivity contribution is 5.85. The molecule has 0 bridgehead atoms. The van der Waals surface area contributed by atoms with Gasteiger partial charge in [0.1, 0.15) is 0 Å². The van der Waals surface area contributed by atoms with Crippen LogP contribution in [-0.2, 0) is 18.0 Å². The second kappa shape index (κ2) is 7.14. The van der Waals surface area contributed by atoms with Crippen LogP contribution in [0.2, 0.25) is 0 Å². The highest BCUT2D eigenvalue weighted by Gasteiger charge is 2.33.